The Labute approximate surface area is 186 Å². The average Bonchev–Trinajstić information content (AvgIpc) is 3.08. The quantitative estimate of drug-likeness (QED) is 0.622. The molecule has 1 unspecified atom stereocenters. The first kappa shape index (κ1) is 23.0. The molecule has 1 amide bonds. The maximum absolute atomic E-state index is 12.7. The molecule has 0 spiro atoms. The summed E-state index contributed by atoms with van der Waals surface area (Å²) in [4.78, 5) is 38.5. The molecule has 0 saturated heterocycles. The third-order valence-corrected chi connectivity index (χ3v) is 6.41. The number of benzene rings is 1. The minimum absolute atomic E-state index is 0.255. The molecule has 2 aromatic rings. The number of nitrogens with one attached hydrogen (secondary N) is 1. The molecule has 6 nitrogen and oxygen atoms in total. The van der Waals surface area contributed by atoms with Gasteiger partial charge in [-0.25, -0.2) is 9.59 Å². The largest absolute Gasteiger partial charge is 0.459 e. The van der Waals surface area contributed by atoms with Crippen molar-refractivity contribution in [3.05, 3.63) is 51.4 Å². The average molecular weight is 444 g/mol. The molecule has 31 heavy (non-hydrogen) atoms. The molecule has 7 heteroatoms. The normalized spacial score (nSPS) is 15.3. The summed E-state index contributed by atoms with van der Waals surface area (Å²) < 4.78 is 10.6. The van der Waals surface area contributed by atoms with Gasteiger partial charge in [0, 0.05) is 4.88 Å². The van der Waals surface area contributed by atoms with Gasteiger partial charge in [-0.15, -0.1) is 11.3 Å². The van der Waals surface area contributed by atoms with Crippen LogP contribution in [0.2, 0.25) is 0 Å². The van der Waals surface area contributed by atoms with Crippen molar-refractivity contribution in [2.24, 2.45) is 5.92 Å². The van der Waals surface area contributed by atoms with Gasteiger partial charge < -0.3 is 14.8 Å². The summed E-state index contributed by atoms with van der Waals surface area (Å²) in [5.41, 5.74) is 2.92. The number of carbonyl (C=O) groups is 3. The maximum atomic E-state index is 12.7. The summed E-state index contributed by atoms with van der Waals surface area (Å²) in [5.74, 6) is -0.936. The summed E-state index contributed by atoms with van der Waals surface area (Å²) in [5, 5.41) is 3.23. The number of ether oxygens (including phenoxy) is 2. The third kappa shape index (κ3) is 5.73. The van der Waals surface area contributed by atoms with Gasteiger partial charge in [0.2, 0.25) is 0 Å². The number of carbonyl (C=O) groups excluding carboxylic acids is 3. The van der Waals surface area contributed by atoms with Gasteiger partial charge in [-0.1, -0.05) is 26.0 Å². The summed E-state index contributed by atoms with van der Waals surface area (Å²) in [6.07, 6.45) is 3.28. The van der Waals surface area contributed by atoms with Crippen LogP contribution in [0, 0.1) is 5.92 Å². The van der Waals surface area contributed by atoms with Crippen molar-refractivity contribution >= 4 is 34.2 Å². The number of thiophene rings is 1. The van der Waals surface area contributed by atoms with Crippen LogP contribution in [0.1, 0.15) is 70.8 Å². The Morgan fingerprint density at radius 1 is 1.16 bits per heavy atom. The number of amides is 1. The fraction of sp³-hybridized carbons (Fsp3) is 0.458. The highest BCUT2D eigenvalue weighted by Gasteiger charge is 2.29. The van der Waals surface area contributed by atoms with Crippen LogP contribution in [0.15, 0.2) is 24.3 Å². The van der Waals surface area contributed by atoms with E-state index in [2.05, 4.69) is 12.2 Å². The second kappa shape index (κ2) is 10.1. The summed E-state index contributed by atoms with van der Waals surface area (Å²) in [7, 11) is 0. The Bertz CT molecular complexity index is 961. The van der Waals surface area contributed by atoms with Crippen LogP contribution in [0.5, 0.6) is 0 Å². The van der Waals surface area contributed by atoms with Crippen molar-refractivity contribution < 1.29 is 23.9 Å². The smallest absolute Gasteiger partial charge is 0.341 e. The van der Waals surface area contributed by atoms with Gasteiger partial charge in [-0.3, -0.25) is 4.79 Å². The van der Waals surface area contributed by atoms with Gasteiger partial charge in [0.15, 0.2) is 6.61 Å². The highest BCUT2D eigenvalue weighted by Crippen LogP contribution is 2.40. The molecule has 1 aromatic carbocycles. The van der Waals surface area contributed by atoms with Crippen LogP contribution in [0.4, 0.5) is 5.00 Å². The van der Waals surface area contributed by atoms with Crippen LogP contribution in [-0.4, -0.2) is 30.6 Å². The SMILES string of the molecule is CCc1ccc(C(=O)OCC(=O)Nc2sc3c(c2C(=O)OC(C)C)CCC(C)C3)cc1. The molecular formula is C24H29NO5S. The van der Waals surface area contributed by atoms with E-state index in [1.54, 1.807) is 26.0 Å². The number of hydrogen-bond acceptors (Lipinski definition) is 6. The van der Waals surface area contributed by atoms with Crippen molar-refractivity contribution in [3.8, 4) is 0 Å². The molecule has 1 atom stereocenters. The number of rotatable bonds is 7. The topological polar surface area (TPSA) is 81.7 Å². The highest BCUT2D eigenvalue weighted by atomic mass is 32.1. The van der Waals surface area contributed by atoms with E-state index in [1.807, 2.05) is 19.1 Å². The fourth-order valence-electron chi connectivity index (χ4n) is 3.58. The van der Waals surface area contributed by atoms with Crippen molar-refractivity contribution in [2.75, 3.05) is 11.9 Å². The monoisotopic (exact) mass is 443 g/mol. The van der Waals surface area contributed by atoms with Crippen molar-refractivity contribution in [1.29, 1.82) is 0 Å². The Hall–Kier alpha value is -2.67. The first-order valence-electron chi connectivity index (χ1n) is 10.7. The Morgan fingerprint density at radius 2 is 1.87 bits per heavy atom. The molecule has 1 heterocycles. The lowest BCUT2D eigenvalue weighted by Gasteiger charge is -2.18. The lowest BCUT2D eigenvalue weighted by Crippen LogP contribution is -2.22. The van der Waals surface area contributed by atoms with Crippen LogP contribution >= 0.6 is 11.3 Å². The number of fused-ring (bicyclic) bond motifs is 1. The van der Waals surface area contributed by atoms with Crippen LogP contribution in [0.25, 0.3) is 0 Å². The number of esters is 2. The zero-order chi connectivity index (χ0) is 22.5. The van der Waals surface area contributed by atoms with E-state index in [-0.39, 0.29) is 6.10 Å². The van der Waals surface area contributed by atoms with E-state index in [9.17, 15) is 14.4 Å². The molecule has 1 aliphatic carbocycles. The predicted molar refractivity (Wildman–Crippen MR) is 121 cm³/mol. The molecule has 0 saturated carbocycles. The van der Waals surface area contributed by atoms with Gasteiger partial charge in [-0.2, -0.15) is 0 Å². The standard InChI is InChI=1S/C24H29NO5S/c1-5-16-7-9-17(10-8-16)23(27)29-13-20(26)25-22-21(24(28)30-14(2)3)18-11-6-15(4)12-19(18)31-22/h7-10,14-15H,5-6,11-13H2,1-4H3,(H,25,26). The number of hydrogen-bond donors (Lipinski definition) is 1. The highest BCUT2D eigenvalue weighted by molar-refractivity contribution is 7.17. The molecule has 1 aliphatic rings. The van der Waals surface area contributed by atoms with Gasteiger partial charge in [0.25, 0.3) is 5.91 Å². The maximum Gasteiger partial charge on any atom is 0.341 e. The fourth-order valence-corrected chi connectivity index (χ4v) is 5.00. The minimum atomic E-state index is -0.559. The Kier molecular flexibility index (Phi) is 7.49. The molecular weight excluding hydrogens is 414 g/mol. The zero-order valence-electron chi connectivity index (χ0n) is 18.4. The van der Waals surface area contributed by atoms with Crippen LogP contribution in [-0.2, 0) is 33.5 Å². The summed E-state index contributed by atoms with van der Waals surface area (Å²) in [6, 6.07) is 7.10. The second-order valence-electron chi connectivity index (χ2n) is 8.18. The Morgan fingerprint density at radius 3 is 2.52 bits per heavy atom. The van der Waals surface area contributed by atoms with Crippen LogP contribution in [0.3, 0.4) is 0 Å². The molecule has 3 rings (SSSR count). The van der Waals surface area contributed by atoms with E-state index in [4.69, 9.17) is 9.47 Å². The molecule has 0 aliphatic heterocycles. The van der Waals surface area contributed by atoms with Crippen molar-refractivity contribution in [2.45, 2.75) is 59.5 Å². The minimum Gasteiger partial charge on any atom is -0.459 e. The molecule has 0 fully saturated rings. The molecule has 0 radical (unpaired) electrons. The lowest BCUT2D eigenvalue weighted by atomic mass is 9.88. The van der Waals surface area contributed by atoms with E-state index < -0.39 is 24.5 Å². The third-order valence-electron chi connectivity index (χ3n) is 5.24. The first-order chi connectivity index (χ1) is 14.8. The van der Waals surface area contributed by atoms with Gasteiger partial charge in [-0.05, 0) is 68.7 Å². The van der Waals surface area contributed by atoms with E-state index >= 15 is 0 Å². The van der Waals surface area contributed by atoms with E-state index in [0.717, 1.165) is 41.7 Å². The van der Waals surface area contributed by atoms with Gasteiger partial charge in [0.05, 0.1) is 17.2 Å². The molecule has 0 bridgehead atoms. The number of anilines is 1. The first-order valence-corrected chi connectivity index (χ1v) is 11.5. The van der Waals surface area contributed by atoms with Gasteiger partial charge >= 0.3 is 11.9 Å². The van der Waals surface area contributed by atoms with E-state index in [1.165, 1.54) is 11.3 Å². The van der Waals surface area contributed by atoms with Crippen molar-refractivity contribution in [3.63, 3.8) is 0 Å². The number of aryl methyl sites for hydroxylation is 1. The van der Waals surface area contributed by atoms with Crippen LogP contribution < -0.4 is 5.32 Å². The Balaban J connectivity index is 1.69. The second-order valence-corrected chi connectivity index (χ2v) is 9.29. The summed E-state index contributed by atoms with van der Waals surface area (Å²) in [6.45, 7) is 7.38. The van der Waals surface area contributed by atoms with Crippen molar-refractivity contribution in [1.82, 2.24) is 0 Å². The zero-order valence-corrected chi connectivity index (χ0v) is 19.3. The predicted octanol–water partition coefficient (Wildman–Crippen LogP) is 4.80. The summed E-state index contributed by atoms with van der Waals surface area (Å²) >= 11 is 1.41. The molecule has 1 aromatic heterocycles. The molecule has 1 N–H and O–H groups in total. The molecule has 166 valence electrons. The lowest BCUT2D eigenvalue weighted by molar-refractivity contribution is -0.119. The van der Waals surface area contributed by atoms with Gasteiger partial charge in [0.1, 0.15) is 5.00 Å². The van der Waals surface area contributed by atoms with E-state index in [0.29, 0.717) is 22.0 Å².